The van der Waals surface area contributed by atoms with Gasteiger partial charge in [-0.2, -0.15) is 0 Å². The van der Waals surface area contributed by atoms with Crippen LogP contribution in [0.15, 0.2) is 48.5 Å². The minimum absolute atomic E-state index is 0.172. The second-order valence-electron chi connectivity index (χ2n) is 8.74. The van der Waals surface area contributed by atoms with E-state index in [0.717, 1.165) is 30.9 Å². The van der Waals surface area contributed by atoms with Gasteiger partial charge in [0.2, 0.25) is 0 Å². The van der Waals surface area contributed by atoms with Crippen LogP contribution in [0.3, 0.4) is 0 Å². The summed E-state index contributed by atoms with van der Waals surface area (Å²) >= 11 is 0. The van der Waals surface area contributed by atoms with Crippen LogP contribution < -0.4 is 9.47 Å². The molecule has 0 bridgehead atoms. The fraction of sp³-hybridized carbons (Fsp3) is 0.536. The SMILES string of the molecule is CCC[C@@H](C)Oc1ccc(C(=O)Oc2ccc(CCCCCC[C@@H](C)CC)cc2)cc1. The number of benzene rings is 2. The van der Waals surface area contributed by atoms with Gasteiger partial charge in [-0.05, 0) is 74.1 Å². The van der Waals surface area contributed by atoms with Crippen LogP contribution in [-0.4, -0.2) is 12.1 Å². The minimum Gasteiger partial charge on any atom is -0.491 e. The second-order valence-corrected chi connectivity index (χ2v) is 8.74. The van der Waals surface area contributed by atoms with Crippen molar-refractivity contribution in [2.75, 3.05) is 0 Å². The lowest BCUT2D eigenvalue weighted by Crippen LogP contribution is -2.11. The van der Waals surface area contributed by atoms with Gasteiger partial charge in [0.05, 0.1) is 11.7 Å². The van der Waals surface area contributed by atoms with Crippen molar-refractivity contribution in [1.82, 2.24) is 0 Å². The van der Waals surface area contributed by atoms with Gasteiger partial charge < -0.3 is 9.47 Å². The number of unbranched alkanes of at least 4 members (excludes halogenated alkanes) is 3. The summed E-state index contributed by atoms with van der Waals surface area (Å²) in [5.41, 5.74) is 1.82. The minimum atomic E-state index is -0.345. The molecule has 3 heteroatoms. The molecule has 0 N–H and O–H groups in total. The van der Waals surface area contributed by atoms with Crippen molar-refractivity contribution < 1.29 is 14.3 Å². The third-order valence-corrected chi connectivity index (χ3v) is 5.87. The highest BCUT2D eigenvalue weighted by molar-refractivity contribution is 5.91. The Morgan fingerprint density at radius 3 is 2.10 bits per heavy atom. The van der Waals surface area contributed by atoms with Crippen LogP contribution in [0.1, 0.15) is 95.0 Å². The summed E-state index contributed by atoms with van der Waals surface area (Å²) in [4.78, 5) is 12.4. The quantitative estimate of drug-likeness (QED) is 0.175. The summed E-state index contributed by atoms with van der Waals surface area (Å²) in [6.07, 6.45) is 11.1. The van der Waals surface area contributed by atoms with Gasteiger partial charge in [0.25, 0.3) is 0 Å². The molecule has 0 saturated heterocycles. The number of hydrogen-bond donors (Lipinski definition) is 0. The summed E-state index contributed by atoms with van der Waals surface area (Å²) in [5.74, 6) is 1.87. The van der Waals surface area contributed by atoms with E-state index in [-0.39, 0.29) is 12.1 Å². The molecular weight excluding hydrogens is 384 g/mol. The van der Waals surface area contributed by atoms with Gasteiger partial charge in [-0.1, -0.05) is 71.4 Å². The summed E-state index contributed by atoms with van der Waals surface area (Å²) < 4.78 is 11.4. The highest BCUT2D eigenvalue weighted by Gasteiger charge is 2.10. The first-order chi connectivity index (χ1) is 15.0. The Morgan fingerprint density at radius 2 is 1.45 bits per heavy atom. The van der Waals surface area contributed by atoms with Gasteiger partial charge in [0.1, 0.15) is 11.5 Å². The van der Waals surface area contributed by atoms with Crippen molar-refractivity contribution in [3.63, 3.8) is 0 Å². The van der Waals surface area contributed by atoms with Crippen LogP contribution in [0.2, 0.25) is 0 Å². The van der Waals surface area contributed by atoms with E-state index < -0.39 is 0 Å². The molecule has 0 radical (unpaired) electrons. The maximum absolute atomic E-state index is 12.4. The van der Waals surface area contributed by atoms with E-state index in [0.29, 0.717) is 11.3 Å². The zero-order chi connectivity index (χ0) is 22.5. The smallest absolute Gasteiger partial charge is 0.343 e. The number of carbonyl (C=O) groups is 1. The molecule has 2 atom stereocenters. The molecule has 3 nitrogen and oxygen atoms in total. The zero-order valence-electron chi connectivity index (χ0n) is 19.9. The predicted octanol–water partition coefficient (Wildman–Crippen LogP) is 8.01. The van der Waals surface area contributed by atoms with Crippen molar-refractivity contribution in [3.05, 3.63) is 59.7 Å². The summed E-state index contributed by atoms with van der Waals surface area (Å²) in [7, 11) is 0. The normalized spacial score (nSPS) is 12.9. The maximum atomic E-state index is 12.4. The second kappa shape index (κ2) is 13.9. The summed E-state index contributed by atoms with van der Waals surface area (Å²) in [6, 6.07) is 15.1. The molecule has 31 heavy (non-hydrogen) atoms. The third-order valence-electron chi connectivity index (χ3n) is 5.87. The first-order valence-electron chi connectivity index (χ1n) is 12.1. The van der Waals surface area contributed by atoms with Gasteiger partial charge in [0, 0.05) is 0 Å². The van der Waals surface area contributed by atoms with Gasteiger partial charge in [-0.15, -0.1) is 0 Å². The monoisotopic (exact) mass is 424 g/mol. The fourth-order valence-electron chi connectivity index (χ4n) is 3.64. The first-order valence-corrected chi connectivity index (χ1v) is 12.1. The van der Waals surface area contributed by atoms with Crippen LogP contribution in [0.4, 0.5) is 0 Å². The average molecular weight is 425 g/mol. The fourth-order valence-corrected chi connectivity index (χ4v) is 3.64. The molecule has 2 aromatic carbocycles. The van der Waals surface area contributed by atoms with E-state index >= 15 is 0 Å². The lowest BCUT2D eigenvalue weighted by atomic mass is 9.99. The molecule has 0 unspecified atom stereocenters. The number of rotatable bonds is 14. The highest BCUT2D eigenvalue weighted by Crippen LogP contribution is 2.19. The van der Waals surface area contributed by atoms with Crippen molar-refractivity contribution in [1.29, 1.82) is 0 Å². The molecule has 0 saturated carbocycles. The number of ether oxygens (including phenoxy) is 2. The molecule has 170 valence electrons. The maximum Gasteiger partial charge on any atom is 0.343 e. The van der Waals surface area contributed by atoms with Gasteiger partial charge in [-0.3, -0.25) is 0 Å². The van der Waals surface area contributed by atoms with E-state index in [1.807, 2.05) is 24.3 Å². The Morgan fingerprint density at radius 1 is 0.806 bits per heavy atom. The standard InChI is InChI=1S/C28H40O3/c1-5-11-23(4)30-26-20-16-25(17-21-26)28(29)31-27-18-14-24(15-19-27)13-10-8-7-9-12-22(3)6-2/h14-23H,5-13H2,1-4H3/t22-,23+/m0/s1. The molecule has 0 aliphatic rings. The Labute approximate surface area is 189 Å². The average Bonchev–Trinajstić information content (AvgIpc) is 2.77. The summed E-state index contributed by atoms with van der Waals surface area (Å²) in [6.45, 7) is 8.81. The number of hydrogen-bond acceptors (Lipinski definition) is 3. The molecule has 0 aromatic heterocycles. The van der Waals surface area contributed by atoms with Gasteiger partial charge >= 0.3 is 5.97 Å². The van der Waals surface area contributed by atoms with Crippen LogP contribution >= 0.6 is 0 Å². The number of carbonyl (C=O) groups excluding carboxylic acids is 1. The zero-order valence-corrected chi connectivity index (χ0v) is 19.9. The predicted molar refractivity (Wildman–Crippen MR) is 129 cm³/mol. The van der Waals surface area contributed by atoms with Crippen molar-refractivity contribution >= 4 is 5.97 Å². The molecule has 0 amide bonds. The van der Waals surface area contributed by atoms with E-state index in [1.165, 1.54) is 44.1 Å². The van der Waals surface area contributed by atoms with Crippen molar-refractivity contribution in [3.8, 4) is 11.5 Å². The third kappa shape index (κ3) is 9.59. The first kappa shape index (κ1) is 25.0. The lowest BCUT2D eigenvalue weighted by molar-refractivity contribution is 0.0734. The molecule has 0 aliphatic heterocycles. The van der Waals surface area contributed by atoms with E-state index in [4.69, 9.17) is 9.47 Å². The molecule has 2 aromatic rings. The van der Waals surface area contributed by atoms with E-state index in [1.54, 1.807) is 12.1 Å². The van der Waals surface area contributed by atoms with Crippen LogP contribution in [0.25, 0.3) is 0 Å². The largest absolute Gasteiger partial charge is 0.491 e. The summed E-state index contributed by atoms with van der Waals surface area (Å²) in [5, 5.41) is 0. The topological polar surface area (TPSA) is 35.5 Å². The van der Waals surface area contributed by atoms with Crippen molar-refractivity contribution in [2.45, 2.75) is 91.6 Å². The Kier molecular flexibility index (Phi) is 11.2. The van der Waals surface area contributed by atoms with E-state index in [2.05, 4.69) is 39.8 Å². The van der Waals surface area contributed by atoms with E-state index in [9.17, 15) is 4.79 Å². The molecular formula is C28H40O3. The Hall–Kier alpha value is -2.29. The van der Waals surface area contributed by atoms with Crippen LogP contribution in [0, 0.1) is 5.92 Å². The number of esters is 1. The van der Waals surface area contributed by atoms with Crippen LogP contribution in [0.5, 0.6) is 11.5 Å². The molecule has 0 fully saturated rings. The number of aryl methyl sites for hydroxylation is 1. The van der Waals surface area contributed by atoms with Crippen LogP contribution in [-0.2, 0) is 6.42 Å². The molecule has 0 spiro atoms. The lowest BCUT2D eigenvalue weighted by Gasteiger charge is -2.13. The molecule has 2 rings (SSSR count). The van der Waals surface area contributed by atoms with Crippen molar-refractivity contribution in [2.24, 2.45) is 5.92 Å². The highest BCUT2D eigenvalue weighted by atomic mass is 16.5. The Bertz CT molecular complexity index is 749. The Balaban J connectivity index is 1.73. The van der Waals surface area contributed by atoms with Gasteiger partial charge in [0.15, 0.2) is 0 Å². The molecule has 0 aliphatic carbocycles. The molecule has 0 heterocycles. The van der Waals surface area contributed by atoms with Gasteiger partial charge in [-0.25, -0.2) is 4.79 Å².